The number of rotatable bonds is 10. The van der Waals surface area contributed by atoms with Gasteiger partial charge >= 0.3 is 6.03 Å². The van der Waals surface area contributed by atoms with Crippen molar-refractivity contribution in [2.45, 2.75) is 35.1 Å². The molecule has 1 aliphatic rings. The molecule has 1 aliphatic heterocycles. The van der Waals surface area contributed by atoms with Crippen LogP contribution in [0.15, 0.2) is 64.9 Å². The summed E-state index contributed by atoms with van der Waals surface area (Å²) in [4.78, 5) is 20.2. The van der Waals surface area contributed by atoms with Crippen molar-refractivity contribution in [3.8, 4) is 11.6 Å². The number of ether oxygens (including phenoxy) is 2. The van der Waals surface area contributed by atoms with Gasteiger partial charge in [-0.05, 0) is 42.0 Å². The number of amides is 2. The molecule has 2 N–H and O–H groups in total. The molecule has 5 rings (SSSR count). The van der Waals surface area contributed by atoms with Crippen LogP contribution >= 0.6 is 23.4 Å². The lowest BCUT2D eigenvalue weighted by atomic mass is 9.81. The molecule has 0 spiro atoms. The van der Waals surface area contributed by atoms with E-state index in [1.807, 2.05) is 19.9 Å². The zero-order valence-corrected chi connectivity index (χ0v) is 27.8. The lowest BCUT2D eigenvalue weighted by Gasteiger charge is -2.27. The van der Waals surface area contributed by atoms with Gasteiger partial charge in [0.25, 0.3) is 10.0 Å². The predicted octanol–water partition coefficient (Wildman–Crippen LogP) is 5.20. The number of aromatic nitrogens is 3. The van der Waals surface area contributed by atoms with E-state index in [0.29, 0.717) is 60.7 Å². The number of halogens is 4. The van der Waals surface area contributed by atoms with Crippen LogP contribution in [-0.4, -0.2) is 67.4 Å². The Labute approximate surface area is 278 Å². The number of thioether (sulfide) groups is 1. The zero-order valence-electron chi connectivity index (χ0n) is 25.4. The summed E-state index contributed by atoms with van der Waals surface area (Å²) >= 11 is 7.20. The van der Waals surface area contributed by atoms with Crippen LogP contribution in [0.2, 0.25) is 5.02 Å². The molecule has 0 radical (unpaired) electrons. The highest BCUT2D eigenvalue weighted by Crippen LogP contribution is 2.39. The number of hydrogen-bond acceptors (Lipinski definition) is 9. The number of benzene rings is 2. The highest BCUT2D eigenvalue weighted by molar-refractivity contribution is 7.98. The Kier molecular flexibility index (Phi) is 10.4. The molecule has 250 valence electrons. The standard InChI is InChI=1S/C30H30ClF3N6O5S2/c1-30(2,18-4-6-22(31)25(12-18)44-3)26-16-36-29(40(26)27-7-5-19(32)15-35-27)46-17-21-23(33)13-20(14-24(21)34)47(42,43)38-28(41)37-39-8-10-45-11-9-39/h4-7,12-16H,8-11,17H2,1-3H3,(H2,37,38,41). The molecule has 0 bridgehead atoms. The second kappa shape index (κ2) is 14.1. The summed E-state index contributed by atoms with van der Waals surface area (Å²) < 4.78 is 83.9. The minimum Gasteiger partial charge on any atom is -0.495 e. The highest BCUT2D eigenvalue weighted by Gasteiger charge is 2.31. The van der Waals surface area contributed by atoms with Crippen LogP contribution < -0.4 is 14.9 Å². The highest BCUT2D eigenvalue weighted by atomic mass is 35.5. The summed E-state index contributed by atoms with van der Waals surface area (Å²) in [5.74, 6) is -2.37. The number of sulfonamides is 1. The fraction of sp³-hybridized carbons (Fsp3) is 0.300. The number of urea groups is 1. The molecule has 4 aromatic rings. The zero-order chi connectivity index (χ0) is 33.9. The first kappa shape index (κ1) is 34.5. The number of carbonyl (C=O) groups excluding carboxylic acids is 1. The number of nitrogens with one attached hydrogen (secondary N) is 2. The molecular weight excluding hydrogens is 681 g/mol. The summed E-state index contributed by atoms with van der Waals surface area (Å²) in [5.41, 5.74) is 2.62. The van der Waals surface area contributed by atoms with Gasteiger partial charge in [-0.25, -0.2) is 46.1 Å². The maximum atomic E-state index is 15.3. The van der Waals surface area contributed by atoms with E-state index in [-0.39, 0.29) is 10.9 Å². The van der Waals surface area contributed by atoms with E-state index < -0.39 is 49.4 Å². The van der Waals surface area contributed by atoms with Crippen LogP contribution in [0, 0.1) is 17.5 Å². The van der Waals surface area contributed by atoms with E-state index in [9.17, 15) is 17.6 Å². The number of pyridine rings is 1. The SMILES string of the molecule is COc1cc(C(C)(C)c2cnc(SCc3c(F)cc(S(=O)(=O)NC(=O)NN4CCOCC4)cc3F)n2-c2ccc(F)cn2)ccc1Cl. The number of hydrogen-bond donors (Lipinski definition) is 2. The minimum atomic E-state index is -4.61. The van der Waals surface area contributed by atoms with Gasteiger partial charge in [0.15, 0.2) is 5.16 Å². The first-order valence-corrected chi connectivity index (χ1v) is 17.0. The fourth-order valence-corrected chi connectivity index (χ4v) is 6.94. The molecule has 2 aromatic carbocycles. The van der Waals surface area contributed by atoms with E-state index in [1.165, 1.54) is 24.3 Å². The van der Waals surface area contributed by atoms with Gasteiger partial charge in [0.05, 0.1) is 48.3 Å². The van der Waals surface area contributed by atoms with Crippen molar-refractivity contribution in [2.75, 3.05) is 33.4 Å². The van der Waals surface area contributed by atoms with Crippen LogP contribution in [0.25, 0.3) is 5.82 Å². The van der Waals surface area contributed by atoms with Crippen molar-refractivity contribution in [1.29, 1.82) is 0 Å². The number of morpholine rings is 1. The molecule has 1 fully saturated rings. The van der Waals surface area contributed by atoms with Gasteiger partial charge in [0.1, 0.15) is 29.0 Å². The predicted molar refractivity (Wildman–Crippen MR) is 169 cm³/mol. The van der Waals surface area contributed by atoms with Crippen LogP contribution in [0.5, 0.6) is 5.75 Å². The van der Waals surface area contributed by atoms with Gasteiger partial charge in [-0.1, -0.05) is 43.3 Å². The number of methoxy groups -OCH3 is 1. The molecule has 0 unspecified atom stereocenters. The summed E-state index contributed by atoms with van der Waals surface area (Å²) in [7, 11) is -3.11. The lowest BCUT2D eigenvalue weighted by Crippen LogP contribution is -2.52. The first-order valence-electron chi connectivity index (χ1n) is 14.1. The molecule has 2 amide bonds. The van der Waals surface area contributed by atoms with Crippen molar-refractivity contribution in [1.82, 2.24) is 29.7 Å². The molecular formula is C30H30ClF3N6O5S2. The van der Waals surface area contributed by atoms with Gasteiger partial charge in [-0.15, -0.1) is 0 Å². The third kappa shape index (κ3) is 7.67. The number of nitrogens with zero attached hydrogens (tertiary/aromatic N) is 4. The van der Waals surface area contributed by atoms with Crippen LogP contribution in [0.1, 0.15) is 30.7 Å². The van der Waals surface area contributed by atoms with Crippen LogP contribution in [-0.2, 0) is 25.9 Å². The first-order chi connectivity index (χ1) is 22.3. The third-order valence-electron chi connectivity index (χ3n) is 7.45. The van der Waals surface area contributed by atoms with Crippen molar-refractivity contribution >= 4 is 39.4 Å². The van der Waals surface area contributed by atoms with Crippen molar-refractivity contribution in [3.63, 3.8) is 0 Å². The smallest absolute Gasteiger partial charge is 0.343 e. The maximum absolute atomic E-state index is 15.3. The summed E-state index contributed by atoms with van der Waals surface area (Å²) in [6, 6.07) is 8.19. The average Bonchev–Trinajstić information content (AvgIpc) is 3.46. The van der Waals surface area contributed by atoms with E-state index in [0.717, 1.165) is 23.5 Å². The minimum absolute atomic E-state index is 0.282. The van der Waals surface area contributed by atoms with Gasteiger partial charge in [-0.2, -0.15) is 0 Å². The Morgan fingerprint density at radius 2 is 1.77 bits per heavy atom. The summed E-state index contributed by atoms with van der Waals surface area (Å²) in [6.07, 6.45) is 2.63. The van der Waals surface area contributed by atoms with E-state index in [2.05, 4.69) is 15.4 Å². The quantitative estimate of drug-likeness (QED) is 0.214. The van der Waals surface area contributed by atoms with Crippen LogP contribution in [0.3, 0.4) is 0 Å². The Hall–Kier alpha value is -3.83. The Bertz CT molecular complexity index is 1860. The largest absolute Gasteiger partial charge is 0.495 e. The molecule has 1 saturated heterocycles. The van der Waals surface area contributed by atoms with Crippen molar-refractivity contribution in [2.24, 2.45) is 0 Å². The molecule has 0 saturated carbocycles. The van der Waals surface area contributed by atoms with E-state index in [4.69, 9.17) is 21.1 Å². The van der Waals surface area contributed by atoms with Crippen LogP contribution in [0.4, 0.5) is 18.0 Å². The molecule has 3 heterocycles. The molecule has 0 atom stereocenters. The molecule has 17 heteroatoms. The Morgan fingerprint density at radius 3 is 2.40 bits per heavy atom. The van der Waals surface area contributed by atoms with E-state index in [1.54, 1.807) is 27.6 Å². The third-order valence-corrected chi connectivity index (χ3v) is 10.1. The van der Waals surface area contributed by atoms with Gasteiger partial charge in [-0.3, -0.25) is 9.99 Å². The lowest BCUT2D eigenvalue weighted by molar-refractivity contribution is 0.0200. The number of hydrazine groups is 1. The van der Waals surface area contributed by atoms with Gasteiger partial charge < -0.3 is 9.47 Å². The van der Waals surface area contributed by atoms with Gasteiger partial charge in [0.2, 0.25) is 0 Å². The maximum Gasteiger partial charge on any atom is 0.343 e. The fourth-order valence-electron chi connectivity index (χ4n) is 4.83. The summed E-state index contributed by atoms with van der Waals surface area (Å²) in [6.45, 7) is 5.23. The number of carbonyl (C=O) groups is 1. The monoisotopic (exact) mass is 710 g/mol. The summed E-state index contributed by atoms with van der Waals surface area (Å²) in [5, 5.41) is 2.16. The Morgan fingerprint density at radius 1 is 1.06 bits per heavy atom. The Balaban J connectivity index is 1.41. The van der Waals surface area contributed by atoms with Crippen molar-refractivity contribution in [3.05, 3.63) is 94.2 Å². The molecule has 47 heavy (non-hydrogen) atoms. The second-order valence-corrected chi connectivity index (χ2v) is 13.9. The van der Waals surface area contributed by atoms with E-state index >= 15 is 8.78 Å². The molecule has 11 nitrogen and oxygen atoms in total. The molecule has 0 aliphatic carbocycles. The van der Waals surface area contributed by atoms with Gasteiger partial charge in [0, 0.05) is 29.8 Å². The number of imidazole rings is 1. The normalized spacial score (nSPS) is 14.2. The molecule has 2 aromatic heterocycles. The topological polar surface area (TPSA) is 128 Å². The second-order valence-electron chi connectivity index (χ2n) is 10.9. The average molecular weight is 711 g/mol. The van der Waals surface area contributed by atoms with Crippen molar-refractivity contribution < 1.29 is 35.9 Å².